The van der Waals surface area contributed by atoms with Gasteiger partial charge in [0, 0.05) is 27.6 Å². The van der Waals surface area contributed by atoms with Crippen molar-refractivity contribution in [2.45, 2.75) is 5.92 Å². The van der Waals surface area contributed by atoms with E-state index in [4.69, 9.17) is 15.0 Å². The summed E-state index contributed by atoms with van der Waals surface area (Å²) in [6.45, 7) is 0. The van der Waals surface area contributed by atoms with Gasteiger partial charge < -0.3 is 4.57 Å². The summed E-state index contributed by atoms with van der Waals surface area (Å²) in [6.07, 6.45) is 0. The van der Waals surface area contributed by atoms with E-state index in [0.29, 0.717) is 11.6 Å². The zero-order valence-corrected chi connectivity index (χ0v) is 27.1. The van der Waals surface area contributed by atoms with Crippen molar-refractivity contribution in [1.82, 2.24) is 19.5 Å². The summed E-state index contributed by atoms with van der Waals surface area (Å²) in [5, 5.41) is 2.49. The predicted octanol–water partition coefficient (Wildman–Crippen LogP) is 11.1. The Morgan fingerprint density at radius 3 is 1.68 bits per heavy atom. The van der Waals surface area contributed by atoms with Crippen LogP contribution in [0.5, 0.6) is 0 Å². The van der Waals surface area contributed by atoms with Crippen LogP contribution < -0.4 is 0 Å². The zero-order valence-electron chi connectivity index (χ0n) is 27.1. The molecule has 7 aromatic carbocycles. The molecule has 1 atom stereocenters. The quantitative estimate of drug-likeness (QED) is 0.188. The van der Waals surface area contributed by atoms with E-state index in [-0.39, 0.29) is 5.92 Å². The van der Waals surface area contributed by atoms with E-state index in [2.05, 4.69) is 144 Å². The minimum Gasteiger partial charge on any atom is -0.309 e. The molecule has 1 aliphatic carbocycles. The second-order valence-electron chi connectivity index (χ2n) is 12.8. The zero-order chi connectivity index (χ0) is 33.0. The summed E-state index contributed by atoms with van der Waals surface area (Å²) < 4.78 is 2.36. The van der Waals surface area contributed by atoms with Crippen LogP contribution in [0.15, 0.2) is 176 Å². The van der Waals surface area contributed by atoms with Gasteiger partial charge >= 0.3 is 0 Å². The largest absolute Gasteiger partial charge is 0.309 e. The van der Waals surface area contributed by atoms with Crippen molar-refractivity contribution in [3.63, 3.8) is 0 Å². The topological polar surface area (TPSA) is 43.6 Å². The second-order valence-corrected chi connectivity index (χ2v) is 12.8. The summed E-state index contributed by atoms with van der Waals surface area (Å²) in [4.78, 5) is 15.3. The Morgan fingerprint density at radius 2 is 0.940 bits per heavy atom. The van der Waals surface area contributed by atoms with Crippen molar-refractivity contribution in [2.75, 3.05) is 0 Å². The fourth-order valence-electron chi connectivity index (χ4n) is 7.62. The van der Waals surface area contributed by atoms with Crippen molar-refractivity contribution in [2.24, 2.45) is 0 Å². The van der Waals surface area contributed by atoms with Gasteiger partial charge in [0.1, 0.15) is 5.82 Å². The molecular weight excluding hydrogens is 609 g/mol. The monoisotopic (exact) mass is 638 g/mol. The van der Waals surface area contributed by atoms with Crippen molar-refractivity contribution >= 4 is 21.8 Å². The molecule has 2 heterocycles. The molecule has 9 aromatic rings. The molecule has 4 heteroatoms. The van der Waals surface area contributed by atoms with E-state index in [1.807, 2.05) is 36.4 Å². The maximum atomic E-state index is 5.16. The molecule has 0 fully saturated rings. The molecule has 0 saturated heterocycles. The number of benzene rings is 7. The Labute approximate surface area is 290 Å². The summed E-state index contributed by atoms with van der Waals surface area (Å²) in [6, 6.07) is 62.1. The van der Waals surface area contributed by atoms with Crippen LogP contribution in [0.4, 0.5) is 0 Å². The molecule has 0 spiro atoms. The molecule has 50 heavy (non-hydrogen) atoms. The average molecular weight is 639 g/mol. The normalized spacial score (nSPS) is 13.4. The number of aromatic nitrogens is 4. The van der Waals surface area contributed by atoms with E-state index in [0.717, 1.165) is 22.6 Å². The highest BCUT2D eigenvalue weighted by Gasteiger charge is 2.33. The van der Waals surface area contributed by atoms with Crippen LogP contribution in [0.1, 0.15) is 22.9 Å². The molecule has 10 rings (SSSR count). The minimum absolute atomic E-state index is 0.116. The van der Waals surface area contributed by atoms with Gasteiger partial charge in [-0.3, -0.25) is 0 Å². The molecule has 0 radical (unpaired) electrons. The average Bonchev–Trinajstić information content (AvgIpc) is 3.71. The first kappa shape index (κ1) is 28.4. The smallest absolute Gasteiger partial charge is 0.163 e. The Hall–Kier alpha value is -6.65. The second kappa shape index (κ2) is 11.5. The van der Waals surface area contributed by atoms with Crippen LogP contribution in [-0.2, 0) is 0 Å². The van der Waals surface area contributed by atoms with E-state index < -0.39 is 0 Å². The van der Waals surface area contributed by atoms with Crippen molar-refractivity contribution < 1.29 is 0 Å². The van der Waals surface area contributed by atoms with Gasteiger partial charge in [0.15, 0.2) is 11.6 Å². The molecule has 2 aromatic heterocycles. The maximum Gasteiger partial charge on any atom is 0.163 e. The van der Waals surface area contributed by atoms with Gasteiger partial charge in [0.25, 0.3) is 0 Å². The van der Waals surface area contributed by atoms with Crippen LogP contribution in [-0.4, -0.2) is 19.5 Å². The summed E-state index contributed by atoms with van der Waals surface area (Å²) >= 11 is 0. The van der Waals surface area contributed by atoms with Gasteiger partial charge in [0.2, 0.25) is 0 Å². The molecular formula is C46H30N4. The highest BCUT2D eigenvalue weighted by Crippen LogP contribution is 2.49. The first-order valence-corrected chi connectivity index (χ1v) is 17.0. The lowest BCUT2D eigenvalue weighted by molar-refractivity contribution is 0.856. The first-order chi connectivity index (χ1) is 24.8. The lowest BCUT2D eigenvalue weighted by atomic mass is 9.93. The van der Waals surface area contributed by atoms with E-state index in [1.165, 1.54) is 55.2 Å². The molecule has 1 aliphatic rings. The van der Waals surface area contributed by atoms with Gasteiger partial charge in [0.05, 0.1) is 17.0 Å². The Morgan fingerprint density at radius 1 is 0.380 bits per heavy atom. The molecule has 0 aliphatic heterocycles. The number of rotatable bonds is 5. The molecule has 0 saturated carbocycles. The third kappa shape index (κ3) is 4.57. The van der Waals surface area contributed by atoms with Gasteiger partial charge in [-0.1, -0.05) is 140 Å². The number of hydrogen-bond donors (Lipinski definition) is 0. The third-order valence-electron chi connectivity index (χ3n) is 9.92. The summed E-state index contributed by atoms with van der Waals surface area (Å²) in [5.74, 6) is 2.00. The van der Waals surface area contributed by atoms with Crippen LogP contribution in [0, 0.1) is 0 Å². The fraction of sp³-hybridized carbons (Fsp3) is 0.0217. The highest BCUT2D eigenvalue weighted by molar-refractivity contribution is 6.10. The van der Waals surface area contributed by atoms with Crippen LogP contribution in [0.3, 0.4) is 0 Å². The molecule has 0 bridgehead atoms. The summed E-state index contributed by atoms with van der Waals surface area (Å²) in [5.41, 5.74) is 12.8. The van der Waals surface area contributed by atoms with Crippen molar-refractivity contribution in [1.29, 1.82) is 0 Å². The molecule has 234 valence electrons. The number of fused-ring (bicyclic) bond motifs is 6. The number of nitrogens with zero attached hydrogens (tertiary/aromatic N) is 4. The molecule has 0 amide bonds. The molecule has 0 unspecified atom stereocenters. The third-order valence-corrected chi connectivity index (χ3v) is 9.92. The van der Waals surface area contributed by atoms with Crippen LogP contribution >= 0.6 is 0 Å². The Bertz CT molecular complexity index is 2640. The minimum atomic E-state index is -0.116. The van der Waals surface area contributed by atoms with E-state index >= 15 is 0 Å². The Kier molecular flexibility index (Phi) is 6.53. The van der Waals surface area contributed by atoms with Crippen molar-refractivity contribution in [3.05, 3.63) is 193 Å². The van der Waals surface area contributed by atoms with Gasteiger partial charge in [-0.2, -0.15) is 0 Å². The van der Waals surface area contributed by atoms with Gasteiger partial charge in [-0.25, -0.2) is 15.0 Å². The van der Waals surface area contributed by atoms with Crippen LogP contribution in [0.25, 0.3) is 72.5 Å². The van der Waals surface area contributed by atoms with Gasteiger partial charge in [-0.15, -0.1) is 0 Å². The molecule has 0 N–H and O–H groups in total. The van der Waals surface area contributed by atoms with E-state index in [1.54, 1.807) is 0 Å². The number of hydrogen-bond acceptors (Lipinski definition) is 3. The van der Waals surface area contributed by atoms with Crippen LogP contribution in [0.2, 0.25) is 0 Å². The highest BCUT2D eigenvalue weighted by atomic mass is 15.0. The lowest BCUT2D eigenvalue weighted by Gasteiger charge is -2.15. The first-order valence-electron chi connectivity index (χ1n) is 17.0. The van der Waals surface area contributed by atoms with Crippen molar-refractivity contribution in [3.8, 4) is 50.7 Å². The SMILES string of the molecule is c1ccc(-c2nc(-c3ccccc3)nc([C@H]3c4ccccc4-c4cc(-c5ccc6c(c5)c5ccccc5n6-c5ccccc5)ccc43)n2)cc1. The summed E-state index contributed by atoms with van der Waals surface area (Å²) in [7, 11) is 0. The Balaban J connectivity index is 1.13. The van der Waals surface area contributed by atoms with E-state index in [9.17, 15) is 0 Å². The fourth-order valence-corrected chi connectivity index (χ4v) is 7.62. The predicted molar refractivity (Wildman–Crippen MR) is 203 cm³/mol. The number of para-hydroxylation sites is 2. The maximum absolute atomic E-state index is 5.16. The molecule has 4 nitrogen and oxygen atoms in total. The van der Waals surface area contributed by atoms with Gasteiger partial charge in [-0.05, 0) is 69.8 Å². The standard InChI is InChI=1S/C46H30N4/c1-4-14-30(15-5-1)44-47-45(31-16-6-2-7-17-31)49-46(48-44)43-37-22-11-10-20-35(37)39-28-32(24-26-38(39)43)33-25-27-42-40(29-33)36-21-12-13-23-41(36)50(42)34-18-8-3-9-19-34/h1-29,43H/t43-/m0/s1. The lowest BCUT2D eigenvalue weighted by Crippen LogP contribution is -2.09.